The fourth-order valence-electron chi connectivity index (χ4n) is 1.87. The average Bonchev–Trinajstić information content (AvgIpc) is 2.48. The number of aromatic nitrogens is 1. The highest BCUT2D eigenvalue weighted by Crippen LogP contribution is 2.33. The number of rotatable bonds is 6. The summed E-state index contributed by atoms with van der Waals surface area (Å²) in [6, 6.07) is 12.9. The summed E-state index contributed by atoms with van der Waals surface area (Å²) in [4.78, 5) is 5.53. The molecule has 0 fully saturated rings. The minimum Gasteiger partial charge on any atom is -0.310 e. The SMILES string of the molecule is CCCNC(C)c1ccc(Sc2ccccn2)c(Br)c1. The lowest BCUT2D eigenvalue weighted by Crippen LogP contribution is -2.19. The standard InChI is InChI=1S/C16H19BrN2S/c1-3-9-18-12(2)13-7-8-15(14(17)11-13)20-16-6-4-5-10-19-16/h4-8,10-12,18H,3,9H2,1-2H3. The van der Waals surface area contributed by atoms with Crippen LogP contribution >= 0.6 is 27.7 Å². The van der Waals surface area contributed by atoms with Gasteiger partial charge < -0.3 is 5.32 Å². The van der Waals surface area contributed by atoms with Crippen LogP contribution in [0.15, 0.2) is 57.0 Å². The van der Waals surface area contributed by atoms with E-state index in [4.69, 9.17) is 0 Å². The Bertz CT molecular complexity index is 545. The maximum absolute atomic E-state index is 4.34. The van der Waals surface area contributed by atoms with Crippen LogP contribution in [0.5, 0.6) is 0 Å². The predicted molar refractivity (Wildman–Crippen MR) is 89.2 cm³/mol. The molecule has 20 heavy (non-hydrogen) atoms. The van der Waals surface area contributed by atoms with E-state index in [1.807, 2.05) is 24.4 Å². The molecule has 1 atom stereocenters. The first kappa shape index (κ1) is 15.5. The molecule has 4 heteroatoms. The molecule has 2 nitrogen and oxygen atoms in total. The molecule has 2 aromatic rings. The highest BCUT2D eigenvalue weighted by Gasteiger charge is 2.08. The molecule has 0 aliphatic heterocycles. The first-order chi connectivity index (χ1) is 9.70. The molecule has 106 valence electrons. The van der Waals surface area contributed by atoms with Crippen molar-refractivity contribution in [2.45, 2.75) is 36.2 Å². The van der Waals surface area contributed by atoms with Crippen molar-refractivity contribution >= 4 is 27.7 Å². The van der Waals surface area contributed by atoms with Crippen LogP contribution in [0.4, 0.5) is 0 Å². The molecule has 1 aromatic heterocycles. The minimum atomic E-state index is 0.375. The van der Waals surface area contributed by atoms with Crippen LogP contribution in [0.3, 0.4) is 0 Å². The van der Waals surface area contributed by atoms with Crippen LogP contribution in [-0.4, -0.2) is 11.5 Å². The van der Waals surface area contributed by atoms with Gasteiger partial charge in [-0.05, 0) is 65.6 Å². The number of hydrogen-bond acceptors (Lipinski definition) is 3. The Labute approximate surface area is 133 Å². The van der Waals surface area contributed by atoms with E-state index in [9.17, 15) is 0 Å². The van der Waals surface area contributed by atoms with Crippen LogP contribution in [0.25, 0.3) is 0 Å². The lowest BCUT2D eigenvalue weighted by atomic mass is 10.1. The molecule has 0 radical (unpaired) electrons. The van der Waals surface area contributed by atoms with E-state index in [1.165, 1.54) is 10.5 Å². The highest BCUT2D eigenvalue weighted by molar-refractivity contribution is 9.10. The van der Waals surface area contributed by atoms with Gasteiger partial charge in [-0.25, -0.2) is 4.98 Å². The van der Waals surface area contributed by atoms with Gasteiger partial charge in [0.15, 0.2) is 0 Å². The first-order valence-electron chi connectivity index (χ1n) is 6.82. The van der Waals surface area contributed by atoms with Gasteiger partial charge in [0, 0.05) is 21.6 Å². The van der Waals surface area contributed by atoms with E-state index in [0.717, 1.165) is 22.5 Å². The maximum Gasteiger partial charge on any atom is 0.101 e. The Hall–Kier alpha value is -0.840. The zero-order chi connectivity index (χ0) is 14.4. The number of halogens is 1. The minimum absolute atomic E-state index is 0.375. The second-order valence-electron chi connectivity index (χ2n) is 4.64. The Balaban J connectivity index is 2.10. The van der Waals surface area contributed by atoms with Crippen LogP contribution in [0.2, 0.25) is 0 Å². The second kappa shape index (κ2) is 7.81. The molecule has 0 saturated heterocycles. The molecule has 1 N–H and O–H groups in total. The fourth-order valence-corrected chi connectivity index (χ4v) is 3.29. The van der Waals surface area contributed by atoms with Gasteiger partial charge >= 0.3 is 0 Å². The molecule has 0 saturated carbocycles. The molecule has 0 spiro atoms. The van der Waals surface area contributed by atoms with Crippen molar-refractivity contribution in [1.29, 1.82) is 0 Å². The van der Waals surface area contributed by atoms with Gasteiger partial charge in [-0.15, -0.1) is 0 Å². The number of nitrogens with one attached hydrogen (secondary N) is 1. The zero-order valence-electron chi connectivity index (χ0n) is 11.8. The van der Waals surface area contributed by atoms with Crippen molar-refractivity contribution in [2.75, 3.05) is 6.54 Å². The van der Waals surface area contributed by atoms with Crippen molar-refractivity contribution in [3.63, 3.8) is 0 Å². The number of nitrogens with zero attached hydrogens (tertiary/aromatic N) is 1. The molecule has 0 aliphatic rings. The Kier molecular flexibility index (Phi) is 6.07. The van der Waals surface area contributed by atoms with Gasteiger partial charge in [-0.3, -0.25) is 0 Å². The van der Waals surface area contributed by atoms with Crippen molar-refractivity contribution in [3.05, 3.63) is 52.6 Å². The van der Waals surface area contributed by atoms with E-state index in [1.54, 1.807) is 11.8 Å². The van der Waals surface area contributed by atoms with Crippen molar-refractivity contribution in [1.82, 2.24) is 10.3 Å². The third-order valence-electron chi connectivity index (χ3n) is 3.01. The highest BCUT2D eigenvalue weighted by atomic mass is 79.9. The molecule has 0 bridgehead atoms. The zero-order valence-corrected chi connectivity index (χ0v) is 14.2. The average molecular weight is 351 g/mol. The quantitative estimate of drug-likeness (QED) is 0.788. The van der Waals surface area contributed by atoms with E-state index < -0.39 is 0 Å². The summed E-state index contributed by atoms with van der Waals surface area (Å²) in [6.45, 7) is 5.43. The first-order valence-corrected chi connectivity index (χ1v) is 8.43. The molecule has 1 aromatic carbocycles. The topological polar surface area (TPSA) is 24.9 Å². The predicted octanol–water partition coefficient (Wildman–Crippen LogP) is 5.06. The van der Waals surface area contributed by atoms with Crippen LogP contribution in [0.1, 0.15) is 31.9 Å². The molecule has 0 amide bonds. The van der Waals surface area contributed by atoms with Crippen LogP contribution < -0.4 is 5.32 Å². The van der Waals surface area contributed by atoms with Gasteiger partial charge in [-0.2, -0.15) is 0 Å². The van der Waals surface area contributed by atoms with Gasteiger partial charge in [0.05, 0.1) is 0 Å². The number of benzene rings is 1. The van der Waals surface area contributed by atoms with Gasteiger partial charge in [0.1, 0.15) is 5.03 Å². The van der Waals surface area contributed by atoms with E-state index in [0.29, 0.717) is 6.04 Å². The Morgan fingerprint density at radius 2 is 2.15 bits per heavy atom. The summed E-state index contributed by atoms with van der Waals surface area (Å²) in [7, 11) is 0. The Morgan fingerprint density at radius 3 is 2.80 bits per heavy atom. The van der Waals surface area contributed by atoms with Crippen LogP contribution in [0, 0.1) is 0 Å². The summed E-state index contributed by atoms with van der Waals surface area (Å²) >= 11 is 5.34. The van der Waals surface area contributed by atoms with Crippen LogP contribution in [-0.2, 0) is 0 Å². The molecule has 0 aliphatic carbocycles. The summed E-state index contributed by atoms with van der Waals surface area (Å²) in [6.07, 6.45) is 2.97. The third kappa shape index (κ3) is 4.33. The monoisotopic (exact) mass is 350 g/mol. The van der Waals surface area contributed by atoms with E-state index >= 15 is 0 Å². The summed E-state index contributed by atoms with van der Waals surface area (Å²) < 4.78 is 1.12. The number of hydrogen-bond donors (Lipinski definition) is 1. The second-order valence-corrected chi connectivity index (χ2v) is 6.55. The van der Waals surface area contributed by atoms with Gasteiger partial charge in [-0.1, -0.05) is 30.8 Å². The van der Waals surface area contributed by atoms with Gasteiger partial charge in [0.2, 0.25) is 0 Å². The van der Waals surface area contributed by atoms with Crippen molar-refractivity contribution in [3.8, 4) is 0 Å². The molecule has 2 rings (SSSR count). The van der Waals surface area contributed by atoms with Gasteiger partial charge in [0.25, 0.3) is 0 Å². The lowest BCUT2D eigenvalue weighted by Gasteiger charge is -2.15. The molecular weight excluding hydrogens is 332 g/mol. The fraction of sp³-hybridized carbons (Fsp3) is 0.312. The molecule has 1 heterocycles. The summed E-state index contributed by atoms with van der Waals surface area (Å²) in [5.74, 6) is 0. The molecule has 1 unspecified atom stereocenters. The largest absolute Gasteiger partial charge is 0.310 e. The number of pyridine rings is 1. The van der Waals surface area contributed by atoms with Crippen molar-refractivity contribution < 1.29 is 0 Å². The Morgan fingerprint density at radius 1 is 1.30 bits per heavy atom. The smallest absolute Gasteiger partial charge is 0.101 e. The van der Waals surface area contributed by atoms with Crippen molar-refractivity contribution in [2.24, 2.45) is 0 Å². The third-order valence-corrected chi connectivity index (χ3v) is 4.95. The lowest BCUT2D eigenvalue weighted by molar-refractivity contribution is 0.570. The van der Waals surface area contributed by atoms with E-state index in [-0.39, 0.29) is 0 Å². The normalized spacial score (nSPS) is 12.3. The van der Waals surface area contributed by atoms with E-state index in [2.05, 4.69) is 58.3 Å². The summed E-state index contributed by atoms with van der Waals surface area (Å²) in [5, 5.41) is 4.52. The maximum atomic E-state index is 4.34. The molecular formula is C16H19BrN2S. The summed E-state index contributed by atoms with van der Waals surface area (Å²) in [5.41, 5.74) is 1.30.